The van der Waals surface area contributed by atoms with Crippen LogP contribution in [0.3, 0.4) is 0 Å². The van der Waals surface area contributed by atoms with E-state index in [-0.39, 0.29) is 23.9 Å². The lowest BCUT2D eigenvalue weighted by molar-refractivity contribution is -0.0925. The zero-order valence-electron chi connectivity index (χ0n) is 15.0. The molecule has 13 heteroatoms. The molecule has 2 unspecified atom stereocenters. The van der Waals surface area contributed by atoms with Gasteiger partial charge in [0.05, 0.1) is 0 Å². The fourth-order valence-electron chi connectivity index (χ4n) is 2.81. The second-order valence-corrected chi connectivity index (χ2v) is 7.20. The Labute approximate surface area is 154 Å². The van der Waals surface area contributed by atoms with Gasteiger partial charge < -0.3 is 25.5 Å². The summed E-state index contributed by atoms with van der Waals surface area (Å²) in [5.41, 5.74) is 12.3. The molecule has 27 heavy (non-hydrogen) atoms. The topological polar surface area (TPSA) is 170 Å². The Morgan fingerprint density at radius 2 is 2.15 bits per heavy atom. The van der Waals surface area contributed by atoms with Crippen molar-refractivity contribution in [1.82, 2.24) is 19.5 Å². The molecule has 12 nitrogen and oxygen atoms in total. The molecule has 3 rings (SSSR count). The first-order valence-corrected chi connectivity index (χ1v) is 9.54. The van der Waals surface area contributed by atoms with Gasteiger partial charge in [-0.3, -0.25) is 14.0 Å². The van der Waals surface area contributed by atoms with Crippen molar-refractivity contribution in [2.24, 2.45) is 0 Å². The minimum Gasteiger partial charge on any atom is -0.468 e. The lowest BCUT2D eigenvalue weighted by atomic mass is 10.1. The maximum absolute atomic E-state index is 11.8. The van der Waals surface area contributed by atoms with E-state index in [0.29, 0.717) is 23.3 Å². The zero-order chi connectivity index (χ0) is 19.8. The van der Waals surface area contributed by atoms with Gasteiger partial charge >= 0.3 is 7.82 Å². The predicted molar refractivity (Wildman–Crippen MR) is 94.9 cm³/mol. The first-order chi connectivity index (χ1) is 12.8. The van der Waals surface area contributed by atoms with Crippen LogP contribution < -0.4 is 11.5 Å². The Bertz CT molecular complexity index is 930. The molecular formula is C14H21N6O6P. The van der Waals surface area contributed by atoms with Crippen molar-refractivity contribution >= 4 is 30.8 Å². The number of imidazole rings is 1. The van der Waals surface area contributed by atoms with Crippen LogP contribution in [0.4, 0.5) is 11.8 Å². The van der Waals surface area contributed by atoms with E-state index in [1.165, 1.54) is 13.4 Å². The van der Waals surface area contributed by atoms with Crippen LogP contribution in [0, 0.1) is 0 Å². The molecule has 0 saturated carbocycles. The predicted octanol–water partition coefficient (Wildman–Crippen LogP) is 1.31. The van der Waals surface area contributed by atoms with Gasteiger partial charge in [-0.1, -0.05) is 6.92 Å². The highest BCUT2D eigenvalue weighted by Crippen LogP contribution is 2.48. The van der Waals surface area contributed by atoms with Gasteiger partial charge in [0, 0.05) is 27.1 Å². The van der Waals surface area contributed by atoms with E-state index in [9.17, 15) is 9.46 Å². The van der Waals surface area contributed by atoms with Crippen LogP contribution in [0.25, 0.3) is 11.2 Å². The Hall–Kier alpha value is -2.40. The highest BCUT2D eigenvalue weighted by molar-refractivity contribution is 7.47. The summed E-state index contributed by atoms with van der Waals surface area (Å²) in [4.78, 5) is 21.9. The summed E-state index contributed by atoms with van der Waals surface area (Å²) in [6, 6.07) is 0. The molecule has 0 aromatic carbocycles. The van der Waals surface area contributed by atoms with Crippen molar-refractivity contribution < 1.29 is 28.0 Å². The summed E-state index contributed by atoms with van der Waals surface area (Å²) in [6.07, 6.45) is 0.849. The summed E-state index contributed by atoms with van der Waals surface area (Å²) in [6.45, 7) is 1.82. The van der Waals surface area contributed by atoms with Crippen molar-refractivity contribution in [3.05, 3.63) is 17.8 Å². The van der Waals surface area contributed by atoms with E-state index in [0.717, 1.165) is 7.11 Å². The van der Waals surface area contributed by atoms with Crippen LogP contribution in [-0.4, -0.2) is 44.7 Å². The number of phosphoric acid groups is 1. The van der Waals surface area contributed by atoms with Gasteiger partial charge in [0.2, 0.25) is 12.2 Å². The third-order valence-electron chi connectivity index (χ3n) is 4.10. The number of hydrogen-bond donors (Lipinski definition) is 3. The second-order valence-electron chi connectivity index (χ2n) is 5.72. The molecule has 2 aromatic rings. The quantitative estimate of drug-likeness (QED) is 0.597. The number of nitrogens with zero attached hydrogens (tertiary/aromatic N) is 4. The van der Waals surface area contributed by atoms with Crippen molar-refractivity contribution in [2.45, 2.75) is 32.1 Å². The van der Waals surface area contributed by atoms with Gasteiger partial charge in [-0.25, -0.2) is 9.55 Å². The van der Waals surface area contributed by atoms with E-state index in [1.54, 1.807) is 4.57 Å². The van der Waals surface area contributed by atoms with Gasteiger partial charge in [-0.2, -0.15) is 9.97 Å². The lowest BCUT2D eigenvalue weighted by Gasteiger charge is -2.34. The Morgan fingerprint density at radius 3 is 2.78 bits per heavy atom. The summed E-state index contributed by atoms with van der Waals surface area (Å²) in [7, 11) is -1.66. The molecule has 0 radical (unpaired) electrons. The Morgan fingerprint density at radius 1 is 1.41 bits per heavy atom. The molecule has 1 aliphatic heterocycles. The minimum atomic E-state index is -4.23. The van der Waals surface area contributed by atoms with Crippen LogP contribution >= 0.6 is 7.82 Å². The van der Waals surface area contributed by atoms with Gasteiger partial charge in [0.15, 0.2) is 11.5 Å². The SMILES string of the molecule is CCC1=C(OP(=O)(O)OC)CC(OC)[C@H](n2cnc3c(N)nc(N)nc32)O1. The number of fused-ring (bicyclic) bond motifs is 1. The lowest BCUT2D eigenvalue weighted by Crippen LogP contribution is -2.33. The van der Waals surface area contributed by atoms with Gasteiger partial charge in [-0.15, -0.1) is 0 Å². The van der Waals surface area contributed by atoms with Crippen molar-refractivity contribution in [3.8, 4) is 0 Å². The molecule has 0 bridgehead atoms. The molecule has 0 spiro atoms. The molecule has 0 aliphatic carbocycles. The van der Waals surface area contributed by atoms with Gasteiger partial charge in [-0.05, 0) is 0 Å². The normalized spacial score (nSPS) is 22.5. The molecule has 2 aromatic heterocycles. The summed E-state index contributed by atoms with van der Waals surface area (Å²) in [5.74, 6) is 0.726. The number of phosphoric ester groups is 1. The zero-order valence-corrected chi connectivity index (χ0v) is 15.9. The number of methoxy groups -OCH3 is 1. The number of rotatable bonds is 6. The maximum Gasteiger partial charge on any atom is 0.526 e. The molecule has 5 N–H and O–H groups in total. The van der Waals surface area contributed by atoms with E-state index in [1.807, 2.05) is 6.92 Å². The van der Waals surface area contributed by atoms with Crippen LogP contribution in [0.2, 0.25) is 0 Å². The number of nitrogen functional groups attached to an aromatic ring is 2. The number of anilines is 2. The van der Waals surface area contributed by atoms with Crippen LogP contribution in [0.15, 0.2) is 17.8 Å². The van der Waals surface area contributed by atoms with Crippen molar-refractivity contribution in [3.63, 3.8) is 0 Å². The number of hydrogen-bond acceptors (Lipinski definition) is 10. The van der Waals surface area contributed by atoms with Gasteiger partial charge in [0.1, 0.15) is 29.5 Å². The van der Waals surface area contributed by atoms with Crippen molar-refractivity contribution in [2.75, 3.05) is 25.7 Å². The van der Waals surface area contributed by atoms with Crippen LogP contribution in [-0.2, 0) is 23.1 Å². The fourth-order valence-corrected chi connectivity index (χ4v) is 3.34. The summed E-state index contributed by atoms with van der Waals surface area (Å²) < 4.78 is 34.5. The third-order valence-corrected chi connectivity index (χ3v) is 5.01. The first kappa shape index (κ1) is 19.4. The van der Waals surface area contributed by atoms with E-state index in [2.05, 4.69) is 19.5 Å². The fraction of sp³-hybridized carbons (Fsp3) is 0.500. The minimum absolute atomic E-state index is 0.00289. The maximum atomic E-state index is 11.8. The molecule has 0 saturated heterocycles. The number of ether oxygens (including phenoxy) is 2. The summed E-state index contributed by atoms with van der Waals surface area (Å²) in [5, 5.41) is 0. The molecule has 3 heterocycles. The second kappa shape index (κ2) is 7.31. The summed E-state index contributed by atoms with van der Waals surface area (Å²) >= 11 is 0. The molecular weight excluding hydrogens is 379 g/mol. The van der Waals surface area contributed by atoms with Crippen molar-refractivity contribution in [1.29, 1.82) is 0 Å². The first-order valence-electron chi connectivity index (χ1n) is 8.04. The average molecular weight is 400 g/mol. The largest absolute Gasteiger partial charge is 0.526 e. The molecule has 0 amide bonds. The Balaban J connectivity index is 2.02. The third kappa shape index (κ3) is 3.69. The van der Waals surface area contributed by atoms with E-state index in [4.69, 9.17) is 25.5 Å². The average Bonchev–Trinajstić information content (AvgIpc) is 3.05. The molecule has 3 atom stereocenters. The van der Waals surface area contributed by atoms with E-state index < -0.39 is 20.2 Å². The van der Waals surface area contributed by atoms with E-state index >= 15 is 0 Å². The Kier molecular flexibility index (Phi) is 5.24. The standard InChI is InChI=1S/C14H21N6O6P/c1-4-7-8(26-27(21,22)24-3)5-9(23-2)13(25-7)20-6-17-10-11(15)18-14(16)19-12(10)20/h6,9,13H,4-5H2,1-3H3,(H,21,22)(H4,15,16,18,19)/t9?,13-/m1/s1. The molecule has 0 fully saturated rings. The number of allylic oxidation sites excluding steroid dienone is 1. The number of aromatic nitrogens is 4. The monoisotopic (exact) mass is 400 g/mol. The smallest absolute Gasteiger partial charge is 0.468 e. The molecule has 148 valence electrons. The van der Waals surface area contributed by atoms with Crippen LogP contribution in [0.5, 0.6) is 0 Å². The molecule has 1 aliphatic rings. The van der Waals surface area contributed by atoms with Crippen LogP contribution in [0.1, 0.15) is 26.0 Å². The highest BCUT2D eigenvalue weighted by Gasteiger charge is 2.37. The highest BCUT2D eigenvalue weighted by atomic mass is 31.2. The number of nitrogens with two attached hydrogens (primary N) is 2. The van der Waals surface area contributed by atoms with Gasteiger partial charge in [0.25, 0.3) is 0 Å².